The summed E-state index contributed by atoms with van der Waals surface area (Å²) in [6.45, 7) is 0. The van der Waals surface area contributed by atoms with Crippen LogP contribution in [-0.2, 0) is 0 Å². The molecule has 0 N–H and O–H groups in total. The lowest BCUT2D eigenvalue weighted by atomic mass is 9.87. The number of anilines is 3. The van der Waals surface area contributed by atoms with Crippen LogP contribution in [0.15, 0.2) is 224 Å². The number of hydrogen-bond donors (Lipinski definition) is 0. The van der Waals surface area contributed by atoms with Gasteiger partial charge in [0.2, 0.25) is 0 Å². The minimum absolute atomic E-state index is 1.10. The summed E-state index contributed by atoms with van der Waals surface area (Å²) in [5, 5.41) is 2.50. The number of hydrogen-bond acceptors (Lipinski definition) is 1. The van der Waals surface area contributed by atoms with Gasteiger partial charge in [0, 0.05) is 16.9 Å². The van der Waals surface area contributed by atoms with Crippen molar-refractivity contribution in [3.63, 3.8) is 0 Å². The lowest BCUT2D eigenvalue weighted by molar-refractivity contribution is 1.28. The molecule has 0 spiro atoms. The molecule has 0 radical (unpaired) electrons. The van der Waals surface area contributed by atoms with Gasteiger partial charge in [0.15, 0.2) is 0 Å². The van der Waals surface area contributed by atoms with Gasteiger partial charge in [-0.3, -0.25) is 0 Å². The number of fused-ring (bicyclic) bond motifs is 1. The molecular weight excluding hydrogens is 639 g/mol. The monoisotopic (exact) mass is 675 g/mol. The predicted octanol–water partition coefficient (Wildman–Crippen LogP) is 14.6. The van der Waals surface area contributed by atoms with Crippen LogP contribution in [0.3, 0.4) is 0 Å². The topological polar surface area (TPSA) is 3.24 Å². The highest BCUT2D eigenvalue weighted by molar-refractivity contribution is 5.98. The summed E-state index contributed by atoms with van der Waals surface area (Å²) in [6.07, 6.45) is 0. The highest BCUT2D eigenvalue weighted by atomic mass is 15.1. The van der Waals surface area contributed by atoms with Gasteiger partial charge in [0.05, 0.1) is 5.69 Å². The van der Waals surface area contributed by atoms with E-state index < -0.39 is 0 Å². The standard InChI is InChI=1S/C52H37N/c1-4-16-38(17-5-1)44-32-35-49(48-25-13-12-24-47(48)41-19-6-2-7-20-41)51(37-44)50-26-14-15-27-52(50)53(45-22-8-3-9-23-45)46-33-30-40(31-34-46)43-29-28-39-18-10-11-21-42(39)36-43/h1-37H. The average molecular weight is 676 g/mol. The van der Waals surface area contributed by atoms with Crippen molar-refractivity contribution in [2.24, 2.45) is 0 Å². The van der Waals surface area contributed by atoms with E-state index in [1.807, 2.05) is 0 Å². The van der Waals surface area contributed by atoms with Crippen molar-refractivity contribution < 1.29 is 0 Å². The lowest BCUT2D eigenvalue weighted by Gasteiger charge is -2.29. The van der Waals surface area contributed by atoms with Crippen molar-refractivity contribution in [3.05, 3.63) is 224 Å². The van der Waals surface area contributed by atoms with Crippen molar-refractivity contribution in [1.29, 1.82) is 0 Å². The van der Waals surface area contributed by atoms with Gasteiger partial charge in [-0.15, -0.1) is 0 Å². The molecule has 0 amide bonds. The maximum absolute atomic E-state index is 2.39. The molecule has 0 aliphatic heterocycles. The molecule has 0 unspecified atom stereocenters. The van der Waals surface area contributed by atoms with Crippen LogP contribution in [0.1, 0.15) is 0 Å². The Hall–Kier alpha value is -6.96. The summed E-state index contributed by atoms with van der Waals surface area (Å²) in [7, 11) is 0. The summed E-state index contributed by atoms with van der Waals surface area (Å²) in [5.41, 5.74) is 15.2. The van der Waals surface area contributed by atoms with E-state index in [9.17, 15) is 0 Å². The minimum Gasteiger partial charge on any atom is -0.310 e. The number of para-hydroxylation sites is 2. The normalized spacial score (nSPS) is 11.0. The number of rotatable bonds is 8. The van der Waals surface area contributed by atoms with Gasteiger partial charge in [-0.05, 0) is 103 Å². The smallest absolute Gasteiger partial charge is 0.0540 e. The molecule has 250 valence electrons. The van der Waals surface area contributed by atoms with Crippen molar-refractivity contribution >= 4 is 27.8 Å². The zero-order valence-electron chi connectivity index (χ0n) is 29.3. The van der Waals surface area contributed by atoms with E-state index in [2.05, 4.69) is 229 Å². The lowest BCUT2D eigenvalue weighted by Crippen LogP contribution is -2.11. The highest BCUT2D eigenvalue weighted by Gasteiger charge is 2.21. The molecule has 1 heteroatoms. The van der Waals surface area contributed by atoms with E-state index in [1.165, 1.54) is 60.8 Å². The largest absolute Gasteiger partial charge is 0.310 e. The fourth-order valence-corrected chi connectivity index (χ4v) is 7.47. The third kappa shape index (κ3) is 6.42. The van der Waals surface area contributed by atoms with Crippen LogP contribution in [0.5, 0.6) is 0 Å². The molecule has 9 aromatic carbocycles. The quantitative estimate of drug-likeness (QED) is 0.155. The fourth-order valence-electron chi connectivity index (χ4n) is 7.47. The Labute approximate surface area is 311 Å². The van der Waals surface area contributed by atoms with Gasteiger partial charge < -0.3 is 4.90 Å². The Morgan fingerprint density at radius 1 is 0.226 bits per heavy atom. The molecule has 0 saturated heterocycles. The van der Waals surface area contributed by atoms with E-state index in [0.29, 0.717) is 0 Å². The molecule has 9 rings (SSSR count). The molecule has 0 aromatic heterocycles. The zero-order valence-corrected chi connectivity index (χ0v) is 29.3. The Balaban J connectivity index is 1.23. The molecule has 0 aliphatic carbocycles. The SMILES string of the molecule is c1ccc(-c2ccc(-c3ccccc3-c3ccccc3)c(-c3ccccc3N(c3ccccc3)c3ccc(-c4ccc5ccccc5c4)cc3)c2)cc1. The zero-order chi connectivity index (χ0) is 35.4. The molecule has 9 aromatic rings. The van der Waals surface area contributed by atoms with Crippen molar-refractivity contribution in [1.82, 2.24) is 0 Å². The summed E-state index contributed by atoms with van der Waals surface area (Å²) >= 11 is 0. The Morgan fingerprint density at radius 2 is 0.698 bits per heavy atom. The second-order valence-corrected chi connectivity index (χ2v) is 13.3. The van der Waals surface area contributed by atoms with Crippen LogP contribution in [0.25, 0.3) is 66.4 Å². The first-order valence-corrected chi connectivity index (χ1v) is 18.2. The molecule has 0 atom stereocenters. The Bertz CT molecular complexity index is 2640. The van der Waals surface area contributed by atoms with Gasteiger partial charge >= 0.3 is 0 Å². The fraction of sp³-hybridized carbons (Fsp3) is 0. The number of nitrogens with zero attached hydrogens (tertiary/aromatic N) is 1. The number of benzene rings is 9. The molecule has 53 heavy (non-hydrogen) atoms. The molecule has 0 bridgehead atoms. The second-order valence-electron chi connectivity index (χ2n) is 13.3. The second kappa shape index (κ2) is 14.3. The van der Waals surface area contributed by atoms with Gasteiger partial charge in [-0.2, -0.15) is 0 Å². The minimum atomic E-state index is 1.10. The first-order chi connectivity index (χ1) is 26.3. The first kappa shape index (κ1) is 32.0. The first-order valence-electron chi connectivity index (χ1n) is 18.2. The molecule has 1 nitrogen and oxygen atoms in total. The van der Waals surface area contributed by atoms with Crippen LogP contribution in [0.4, 0.5) is 17.1 Å². The van der Waals surface area contributed by atoms with Gasteiger partial charge in [-0.1, -0.05) is 182 Å². The summed E-state index contributed by atoms with van der Waals surface area (Å²) in [4.78, 5) is 2.39. The molecule has 0 aliphatic rings. The Kier molecular flexibility index (Phi) is 8.66. The third-order valence-electron chi connectivity index (χ3n) is 10.1. The predicted molar refractivity (Wildman–Crippen MR) is 226 cm³/mol. The van der Waals surface area contributed by atoms with E-state index in [-0.39, 0.29) is 0 Å². The molecular formula is C52H37N. The summed E-state index contributed by atoms with van der Waals surface area (Å²) < 4.78 is 0. The van der Waals surface area contributed by atoms with Crippen LogP contribution in [0.2, 0.25) is 0 Å². The van der Waals surface area contributed by atoms with Gasteiger partial charge in [-0.25, -0.2) is 0 Å². The van der Waals surface area contributed by atoms with Crippen molar-refractivity contribution in [2.75, 3.05) is 4.90 Å². The average Bonchev–Trinajstić information content (AvgIpc) is 3.25. The maximum Gasteiger partial charge on any atom is 0.0540 e. The van der Waals surface area contributed by atoms with Crippen molar-refractivity contribution in [2.45, 2.75) is 0 Å². The summed E-state index contributed by atoms with van der Waals surface area (Å²) in [5.74, 6) is 0. The van der Waals surface area contributed by atoms with Crippen LogP contribution in [0, 0.1) is 0 Å². The van der Waals surface area contributed by atoms with Crippen LogP contribution in [-0.4, -0.2) is 0 Å². The van der Waals surface area contributed by atoms with Gasteiger partial charge in [0.25, 0.3) is 0 Å². The van der Waals surface area contributed by atoms with E-state index in [0.717, 1.165) is 22.6 Å². The molecule has 0 heterocycles. The molecule has 0 fully saturated rings. The van der Waals surface area contributed by atoms with Gasteiger partial charge in [0.1, 0.15) is 0 Å². The van der Waals surface area contributed by atoms with E-state index in [1.54, 1.807) is 0 Å². The van der Waals surface area contributed by atoms with E-state index in [4.69, 9.17) is 0 Å². The molecule has 0 saturated carbocycles. The van der Waals surface area contributed by atoms with E-state index >= 15 is 0 Å². The maximum atomic E-state index is 2.39. The van der Waals surface area contributed by atoms with Crippen LogP contribution >= 0.6 is 0 Å². The third-order valence-corrected chi connectivity index (χ3v) is 10.1. The highest BCUT2D eigenvalue weighted by Crippen LogP contribution is 2.46. The Morgan fingerprint density at radius 3 is 1.43 bits per heavy atom. The van der Waals surface area contributed by atoms with Crippen LogP contribution < -0.4 is 4.90 Å². The summed E-state index contributed by atoms with van der Waals surface area (Å²) in [6, 6.07) is 80.9. The van der Waals surface area contributed by atoms with Crippen molar-refractivity contribution in [3.8, 4) is 55.6 Å².